The summed E-state index contributed by atoms with van der Waals surface area (Å²) >= 11 is 0. The lowest BCUT2D eigenvalue weighted by Crippen LogP contribution is -2.34. The number of fused-ring (bicyclic) bond motifs is 1. The van der Waals surface area contributed by atoms with Gasteiger partial charge in [-0.05, 0) is 65.5 Å². The Labute approximate surface area is 218 Å². The molecule has 0 amide bonds. The molecule has 1 atom stereocenters. The van der Waals surface area contributed by atoms with Gasteiger partial charge in [-0.25, -0.2) is 9.59 Å². The van der Waals surface area contributed by atoms with Gasteiger partial charge < -0.3 is 20.3 Å². The van der Waals surface area contributed by atoms with Crippen molar-refractivity contribution >= 4 is 23.3 Å². The first kappa shape index (κ1) is 26.2. The summed E-state index contributed by atoms with van der Waals surface area (Å²) in [6.45, 7) is 7.26. The summed E-state index contributed by atoms with van der Waals surface area (Å²) in [7, 11) is 4.01. The highest BCUT2D eigenvalue weighted by Crippen LogP contribution is 2.45. The molecule has 3 aromatic rings. The lowest BCUT2D eigenvalue weighted by molar-refractivity contribution is -0.138. The second kappa shape index (κ2) is 11.4. The number of aromatic nitrogens is 2. The van der Waals surface area contributed by atoms with Crippen LogP contribution in [0.2, 0.25) is 0 Å². The number of aryl methyl sites for hydroxylation is 1. The Kier molecular flexibility index (Phi) is 8.08. The van der Waals surface area contributed by atoms with E-state index in [9.17, 15) is 9.59 Å². The van der Waals surface area contributed by atoms with Crippen LogP contribution in [0.5, 0.6) is 0 Å². The second-order valence-corrected chi connectivity index (χ2v) is 9.53. The first-order valence-corrected chi connectivity index (χ1v) is 12.6. The number of nitrogens with one attached hydrogen (secondary N) is 2. The number of ether oxygens (including phenoxy) is 1. The van der Waals surface area contributed by atoms with Gasteiger partial charge in [-0.1, -0.05) is 48.0 Å². The molecule has 0 saturated carbocycles. The van der Waals surface area contributed by atoms with Crippen molar-refractivity contribution < 1.29 is 9.53 Å². The van der Waals surface area contributed by atoms with Crippen LogP contribution < -0.4 is 16.3 Å². The molecule has 194 valence electrons. The molecule has 0 bridgehead atoms. The van der Waals surface area contributed by atoms with E-state index in [-0.39, 0.29) is 12.3 Å². The van der Waals surface area contributed by atoms with Gasteiger partial charge in [0.05, 0.1) is 18.1 Å². The summed E-state index contributed by atoms with van der Waals surface area (Å²) < 4.78 is 7.16. The highest BCUT2D eigenvalue weighted by atomic mass is 16.5. The van der Waals surface area contributed by atoms with Crippen LogP contribution in [0.4, 0.5) is 17.3 Å². The van der Waals surface area contributed by atoms with E-state index in [2.05, 4.69) is 20.5 Å². The zero-order chi connectivity index (χ0) is 26.5. The number of anilines is 3. The number of hydrogen-bond donors (Lipinski definition) is 2. The van der Waals surface area contributed by atoms with E-state index >= 15 is 0 Å². The molecule has 0 radical (unpaired) electrons. The maximum absolute atomic E-state index is 13.4. The Balaban J connectivity index is 1.94. The summed E-state index contributed by atoms with van der Waals surface area (Å²) in [6, 6.07) is 17.7. The summed E-state index contributed by atoms with van der Waals surface area (Å²) in [6.07, 6.45) is 0.775. The largest absolute Gasteiger partial charge is 0.463 e. The van der Waals surface area contributed by atoms with Gasteiger partial charge in [0.2, 0.25) is 0 Å². The van der Waals surface area contributed by atoms with Crippen molar-refractivity contribution in [1.82, 2.24) is 14.5 Å². The molecule has 2 N–H and O–H groups in total. The number of hydrogen-bond acceptors (Lipinski definition) is 7. The molecule has 4 rings (SSSR count). The molecule has 1 aliphatic rings. The fourth-order valence-corrected chi connectivity index (χ4v) is 4.66. The summed E-state index contributed by atoms with van der Waals surface area (Å²) in [5, 5.41) is 6.74. The van der Waals surface area contributed by atoms with Gasteiger partial charge in [0.25, 0.3) is 0 Å². The van der Waals surface area contributed by atoms with E-state index in [1.54, 1.807) is 11.5 Å². The van der Waals surface area contributed by atoms with Crippen molar-refractivity contribution in [3.05, 3.63) is 93.0 Å². The number of carbonyl (C=O) groups excluding carboxylic acids is 1. The zero-order valence-corrected chi connectivity index (χ0v) is 22.2. The summed E-state index contributed by atoms with van der Waals surface area (Å²) in [4.78, 5) is 33.2. The van der Waals surface area contributed by atoms with E-state index in [1.807, 2.05) is 82.5 Å². The van der Waals surface area contributed by atoms with Crippen molar-refractivity contribution in [1.29, 1.82) is 0 Å². The summed E-state index contributed by atoms with van der Waals surface area (Å²) in [5.74, 6) is 0.201. The SMILES string of the molecule is CCOC(=O)C1=C(C)Nc2c(c(Nc3ccc(C)cc3)nc(=O)n2CCCN(C)C)C1c1ccccc1. The molecule has 2 aromatic carbocycles. The maximum Gasteiger partial charge on any atom is 0.351 e. The van der Waals surface area contributed by atoms with Gasteiger partial charge in [-0.15, -0.1) is 0 Å². The Hall–Kier alpha value is -3.91. The first-order valence-electron chi connectivity index (χ1n) is 12.6. The standard InChI is InChI=1S/C29H35N5O3/c1-6-37-28(35)23-20(3)30-27-25(24(23)21-11-8-7-9-12-21)26(31-22-15-13-19(2)14-16-22)32-29(36)34(27)18-10-17-33(4)5/h7-9,11-16,24,30H,6,10,17-18H2,1-5H3,(H,31,32,36). The van der Waals surface area contributed by atoms with Gasteiger partial charge in [0.1, 0.15) is 11.6 Å². The third-order valence-corrected chi connectivity index (χ3v) is 6.44. The number of benzene rings is 2. The molecule has 0 aliphatic carbocycles. The van der Waals surface area contributed by atoms with Crippen LogP contribution in [0.1, 0.15) is 42.9 Å². The van der Waals surface area contributed by atoms with Crippen LogP contribution in [0.25, 0.3) is 0 Å². The van der Waals surface area contributed by atoms with E-state index in [0.717, 1.165) is 35.3 Å². The quantitative estimate of drug-likeness (QED) is 0.413. The van der Waals surface area contributed by atoms with Crippen LogP contribution in [0.3, 0.4) is 0 Å². The Morgan fingerprint density at radius 1 is 1.11 bits per heavy atom. The molecule has 0 fully saturated rings. The molecular formula is C29H35N5O3. The minimum atomic E-state index is -0.474. The molecule has 0 spiro atoms. The van der Waals surface area contributed by atoms with Crippen LogP contribution in [-0.2, 0) is 16.1 Å². The lowest BCUT2D eigenvalue weighted by Gasteiger charge is -2.33. The van der Waals surface area contributed by atoms with E-state index < -0.39 is 11.9 Å². The van der Waals surface area contributed by atoms with Gasteiger partial charge in [0.15, 0.2) is 0 Å². The maximum atomic E-state index is 13.4. The fraction of sp³-hybridized carbons (Fsp3) is 0.345. The normalized spacial score (nSPS) is 14.8. The van der Waals surface area contributed by atoms with Gasteiger partial charge in [-0.2, -0.15) is 4.98 Å². The topological polar surface area (TPSA) is 88.5 Å². The minimum absolute atomic E-state index is 0.265. The monoisotopic (exact) mass is 501 g/mol. The van der Waals surface area contributed by atoms with Crippen LogP contribution in [0, 0.1) is 6.92 Å². The van der Waals surface area contributed by atoms with E-state index in [0.29, 0.717) is 29.5 Å². The highest BCUT2D eigenvalue weighted by molar-refractivity contribution is 5.95. The van der Waals surface area contributed by atoms with Gasteiger partial charge >= 0.3 is 11.7 Å². The van der Waals surface area contributed by atoms with Crippen molar-refractivity contribution in [2.24, 2.45) is 0 Å². The molecule has 1 aliphatic heterocycles. The van der Waals surface area contributed by atoms with Crippen molar-refractivity contribution in [3.8, 4) is 0 Å². The number of esters is 1. The third-order valence-electron chi connectivity index (χ3n) is 6.44. The molecule has 0 saturated heterocycles. The van der Waals surface area contributed by atoms with E-state index in [1.165, 1.54) is 0 Å². The van der Waals surface area contributed by atoms with Crippen molar-refractivity contribution in [2.45, 2.75) is 39.7 Å². The number of allylic oxidation sites excluding steroid dienone is 1. The molecular weight excluding hydrogens is 466 g/mol. The molecule has 1 unspecified atom stereocenters. The Morgan fingerprint density at radius 2 is 1.81 bits per heavy atom. The highest BCUT2D eigenvalue weighted by Gasteiger charge is 2.37. The number of nitrogens with zero attached hydrogens (tertiary/aromatic N) is 3. The number of rotatable bonds is 9. The average Bonchev–Trinajstić information content (AvgIpc) is 2.87. The van der Waals surface area contributed by atoms with Crippen LogP contribution in [-0.4, -0.2) is 47.7 Å². The first-order chi connectivity index (χ1) is 17.8. The minimum Gasteiger partial charge on any atom is -0.463 e. The third kappa shape index (κ3) is 5.75. The molecule has 8 nitrogen and oxygen atoms in total. The molecule has 2 heterocycles. The van der Waals surface area contributed by atoms with Crippen molar-refractivity contribution in [2.75, 3.05) is 37.9 Å². The van der Waals surface area contributed by atoms with Gasteiger partial charge in [0, 0.05) is 23.5 Å². The van der Waals surface area contributed by atoms with E-state index in [4.69, 9.17) is 4.74 Å². The molecule has 37 heavy (non-hydrogen) atoms. The number of carbonyl (C=O) groups is 1. The predicted octanol–water partition coefficient (Wildman–Crippen LogP) is 4.64. The second-order valence-electron chi connectivity index (χ2n) is 9.53. The predicted molar refractivity (Wildman–Crippen MR) is 147 cm³/mol. The zero-order valence-electron chi connectivity index (χ0n) is 22.2. The average molecular weight is 502 g/mol. The van der Waals surface area contributed by atoms with Crippen molar-refractivity contribution in [3.63, 3.8) is 0 Å². The Morgan fingerprint density at radius 3 is 2.46 bits per heavy atom. The Bertz CT molecular complexity index is 1340. The molecule has 1 aromatic heterocycles. The smallest absolute Gasteiger partial charge is 0.351 e. The van der Waals surface area contributed by atoms with Crippen LogP contribution >= 0.6 is 0 Å². The van der Waals surface area contributed by atoms with Gasteiger partial charge in [-0.3, -0.25) is 4.57 Å². The molecule has 8 heteroatoms. The fourth-order valence-electron chi connectivity index (χ4n) is 4.66. The lowest BCUT2D eigenvalue weighted by atomic mass is 9.81. The van der Waals surface area contributed by atoms with Crippen LogP contribution in [0.15, 0.2) is 70.7 Å². The summed E-state index contributed by atoms with van der Waals surface area (Å²) in [5.41, 5.74) is 4.41.